The topological polar surface area (TPSA) is 49.3 Å². The van der Waals surface area contributed by atoms with E-state index in [1.54, 1.807) is 18.2 Å². The molecule has 0 fully saturated rings. The standard InChI is InChI=1S/C16H22ClNO2/c1-2-3-14(10-11-19)12-18-16(20)9-6-13-4-7-15(17)8-5-13/h4-9,14,19H,2-3,10-12H2,1H3,(H,18,20)/b9-6+. The van der Waals surface area contributed by atoms with Crippen molar-refractivity contribution < 1.29 is 9.90 Å². The molecule has 0 aliphatic rings. The Kier molecular flexibility index (Phi) is 8.00. The number of carbonyl (C=O) groups excluding carboxylic acids is 1. The van der Waals surface area contributed by atoms with Crippen LogP contribution in [-0.2, 0) is 4.79 Å². The van der Waals surface area contributed by atoms with Crippen molar-refractivity contribution >= 4 is 23.6 Å². The van der Waals surface area contributed by atoms with Crippen molar-refractivity contribution in [2.24, 2.45) is 5.92 Å². The lowest BCUT2D eigenvalue weighted by Gasteiger charge is -2.14. The number of nitrogens with one attached hydrogen (secondary N) is 1. The number of amides is 1. The van der Waals surface area contributed by atoms with Crippen LogP contribution >= 0.6 is 11.6 Å². The zero-order chi connectivity index (χ0) is 14.8. The summed E-state index contributed by atoms with van der Waals surface area (Å²) in [5.41, 5.74) is 0.935. The van der Waals surface area contributed by atoms with E-state index < -0.39 is 0 Å². The number of rotatable bonds is 8. The average molecular weight is 296 g/mol. The van der Waals surface area contributed by atoms with Gasteiger partial charge in [-0.05, 0) is 42.5 Å². The molecule has 1 aromatic carbocycles. The highest BCUT2D eigenvalue weighted by Gasteiger charge is 2.07. The molecule has 0 saturated carbocycles. The van der Waals surface area contributed by atoms with Gasteiger partial charge < -0.3 is 10.4 Å². The van der Waals surface area contributed by atoms with Crippen LogP contribution in [-0.4, -0.2) is 24.2 Å². The first-order valence-electron chi connectivity index (χ1n) is 6.98. The minimum Gasteiger partial charge on any atom is -0.396 e. The van der Waals surface area contributed by atoms with Gasteiger partial charge in [0.05, 0.1) is 0 Å². The minimum atomic E-state index is -0.112. The highest BCUT2D eigenvalue weighted by Crippen LogP contribution is 2.11. The largest absolute Gasteiger partial charge is 0.396 e. The number of hydrogen-bond acceptors (Lipinski definition) is 2. The molecule has 0 spiro atoms. The molecule has 0 bridgehead atoms. The minimum absolute atomic E-state index is 0.112. The van der Waals surface area contributed by atoms with Gasteiger partial charge in [0, 0.05) is 24.3 Å². The van der Waals surface area contributed by atoms with Gasteiger partial charge in [-0.1, -0.05) is 37.1 Å². The molecule has 0 heterocycles. The fourth-order valence-electron chi connectivity index (χ4n) is 1.99. The molecule has 0 aromatic heterocycles. The first-order valence-corrected chi connectivity index (χ1v) is 7.35. The predicted octanol–water partition coefficient (Wildman–Crippen LogP) is 3.27. The summed E-state index contributed by atoms with van der Waals surface area (Å²) in [5.74, 6) is 0.233. The summed E-state index contributed by atoms with van der Waals surface area (Å²) in [6.45, 7) is 2.88. The van der Waals surface area contributed by atoms with Gasteiger partial charge in [-0.3, -0.25) is 4.79 Å². The van der Waals surface area contributed by atoms with Crippen LogP contribution in [0.4, 0.5) is 0 Å². The van der Waals surface area contributed by atoms with Gasteiger partial charge in [-0.2, -0.15) is 0 Å². The van der Waals surface area contributed by atoms with E-state index in [1.165, 1.54) is 6.08 Å². The monoisotopic (exact) mass is 295 g/mol. The zero-order valence-electron chi connectivity index (χ0n) is 11.8. The summed E-state index contributed by atoms with van der Waals surface area (Å²) in [4.78, 5) is 11.7. The van der Waals surface area contributed by atoms with Crippen LogP contribution < -0.4 is 5.32 Å². The van der Waals surface area contributed by atoms with Crippen LogP contribution in [0.2, 0.25) is 5.02 Å². The van der Waals surface area contributed by atoms with E-state index >= 15 is 0 Å². The van der Waals surface area contributed by atoms with Crippen molar-refractivity contribution in [3.8, 4) is 0 Å². The number of carbonyl (C=O) groups is 1. The highest BCUT2D eigenvalue weighted by molar-refractivity contribution is 6.30. The van der Waals surface area contributed by atoms with Crippen LogP contribution in [0.25, 0.3) is 6.08 Å². The number of halogens is 1. The molecule has 1 aromatic rings. The number of aliphatic hydroxyl groups excluding tert-OH is 1. The van der Waals surface area contributed by atoms with Crippen molar-refractivity contribution in [3.05, 3.63) is 40.9 Å². The van der Waals surface area contributed by atoms with E-state index in [0.29, 0.717) is 17.5 Å². The summed E-state index contributed by atoms with van der Waals surface area (Å²) in [7, 11) is 0. The Morgan fingerprint density at radius 2 is 2.05 bits per heavy atom. The lowest BCUT2D eigenvalue weighted by molar-refractivity contribution is -0.116. The molecule has 1 atom stereocenters. The third kappa shape index (κ3) is 6.73. The van der Waals surface area contributed by atoms with E-state index in [-0.39, 0.29) is 12.5 Å². The highest BCUT2D eigenvalue weighted by atomic mass is 35.5. The number of hydrogen-bond donors (Lipinski definition) is 2. The van der Waals surface area contributed by atoms with Gasteiger partial charge in [0.1, 0.15) is 0 Å². The lowest BCUT2D eigenvalue weighted by Crippen LogP contribution is -2.28. The third-order valence-corrected chi connectivity index (χ3v) is 3.35. The Morgan fingerprint density at radius 3 is 2.65 bits per heavy atom. The van der Waals surface area contributed by atoms with E-state index in [1.807, 2.05) is 12.1 Å². The van der Waals surface area contributed by atoms with Crippen LogP contribution in [0, 0.1) is 5.92 Å². The molecule has 0 aliphatic carbocycles. The molecule has 1 amide bonds. The van der Waals surface area contributed by atoms with E-state index in [2.05, 4.69) is 12.2 Å². The third-order valence-electron chi connectivity index (χ3n) is 3.10. The molecule has 2 N–H and O–H groups in total. The number of aliphatic hydroxyl groups is 1. The molecule has 4 heteroatoms. The maximum Gasteiger partial charge on any atom is 0.244 e. The Balaban J connectivity index is 2.40. The van der Waals surface area contributed by atoms with Crippen LogP contribution in [0.3, 0.4) is 0 Å². The normalized spacial score (nSPS) is 12.6. The molecule has 1 unspecified atom stereocenters. The van der Waals surface area contributed by atoms with Crippen LogP contribution in [0.15, 0.2) is 30.3 Å². The van der Waals surface area contributed by atoms with Crippen molar-refractivity contribution in [3.63, 3.8) is 0 Å². The molecular formula is C16H22ClNO2. The molecule has 1 rings (SSSR count). The summed E-state index contributed by atoms with van der Waals surface area (Å²) >= 11 is 5.79. The van der Waals surface area contributed by atoms with Crippen molar-refractivity contribution in [1.29, 1.82) is 0 Å². The van der Waals surface area contributed by atoms with Crippen molar-refractivity contribution in [2.45, 2.75) is 26.2 Å². The Bertz CT molecular complexity index is 423. The molecule has 0 radical (unpaired) electrons. The van der Waals surface area contributed by atoms with Gasteiger partial charge >= 0.3 is 0 Å². The van der Waals surface area contributed by atoms with Gasteiger partial charge in [0.2, 0.25) is 5.91 Å². The molecule has 0 saturated heterocycles. The Labute approximate surface area is 125 Å². The van der Waals surface area contributed by atoms with E-state index in [4.69, 9.17) is 16.7 Å². The van der Waals surface area contributed by atoms with E-state index in [0.717, 1.165) is 24.8 Å². The lowest BCUT2D eigenvalue weighted by atomic mass is 10.0. The molecule has 20 heavy (non-hydrogen) atoms. The first-order chi connectivity index (χ1) is 9.65. The zero-order valence-corrected chi connectivity index (χ0v) is 12.6. The van der Waals surface area contributed by atoms with Gasteiger partial charge in [0.15, 0.2) is 0 Å². The molecular weight excluding hydrogens is 274 g/mol. The molecule has 110 valence electrons. The second-order valence-corrected chi connectivity index (χ2v) is 5.23. The van der Waals surface area contributed by atoms with E-state index in [9.17, 15) is 4.79 Å². The smallest absolute Gasteiger partial charge is 0.244 e. The Hall–Kier alpha value is -1.32. The van der Waals surface area contributed by atoms with Crippen LogP contribution in [0.1, 0.15) is 31.7 Å². The first kappa shape index (κ1) is 16.7. The maximum absolute atomic E-state index is 11.7. The van der Waals surface area contributed by atoms with Gasteiger partial charge in [-0.25, -0.2) is 0 Å². The van der Waals surface area contributed by atoms with Gasteiger partial charge in [0.25, 0.3) is 0 Å². The van der Waals surface area contributed by atoms with Gasteiger partial charge in [-0.15, -0.1) is 0 Å². The fraction of sp³-hybridized carbons (Fsp3) is 0.438. The summed E-state index contributed by atoms with van der Waals surface area (Å²) in [5, 5.41) is 12.5. The maximum atomic E-state index is 11.7. The summed E-state index contributed by atoms with van der Waals surface area (Å²) < 4.78 is 0. The molecule has 3 nitrogen and oxygen atoms in total. The number of benzene rings is 1. The summed E-state index contributed by atoms with van der Waals surface area (Å²) in [6, 6.07) is 7.30. The quantitative estimate of drug-likeness (QED) is 0.723. The second-order valence-electron chi connectivity index (χ2n) is 4.80. The average Bonchev–Trinajstić information content (AvgIpc) is 2.44. The van der Waals surface area contributed by atoms with Crippen LogP contribution in [0.5, 0.6) is 0 Å². The Morgan fingerprint density at radius 1 is 1.35 bits per heavy atom. The fourth-order valence-corrected chi connectivity index (χ4v) is 2.11. The second kappa shape index (κ2) is 9.56. The summed E-state index contributed by atoms with van der Waals surface area (Å²) in [6.07, 6.45) is 6.08. The predicted molar refractivity (Wildman–Crippen MR) is 83.6 cm³/mol. The van der Waals surface area contributed by atoms with Crippen molar-refractivity contribution in [2.75, 3.05) is 13.2 Å². The molecule has 0 aliphatic heterocycles. The van der Waals surface area contributed by atoms with Crippen molar-refractivity contribution in [1.82, 2.24) is 5.32 Å². The SMILES string of the molecule is CCCC(CCO)CNC(=O)/C=C/c1ccc(Cl)cc1.